The van der Waals surface area contributed by atoms with Crippen molar-refractivity contribution in [3.05, 3.63) is 108 Å². The van der Waals surface area contributed by atoms with E-state index in [2.05, 4.69) is 10.6 Å². The molecule has 12 heteroatoms. The highest BCUT2D eigenvalue weighted by molar-refractivity contribution is 14.1. The Morgan fingerprint density at radius 1 is 0.870 bits per heavy atom. The summed E-state index contributed by atoms with van der Waals surface area (Å²) in [5, 5.41) is 5.73. The zero-order valence-electron chi connectivity index (χ0n) is 25.6. The lowest BCUT2D eigenvalue weighted by atomic mass is 10.1. The largest absolute Gasteiger partial charge is 0.445 e. The maximum absolute atomic E-state index is 14.4. The van der Waals surface area contributed by atoms with Gasteiger partial charge in [-0.25, -0.2) is 14.4 Å². The van der Waals surface area contributed by atoms with Crippen molar-refractivity contribution < 1.29 is 37.5 Å². The van der Waals surface area contributed by atoms with Crippen LogP contribution in [0, 0.1) is 0 Å². The van der Waals surface area contributed by atoms with Crippen molar-refractivity contribution in [2.45, 2.75) is 61.4 Å². The lowest BCUT2D eigenvalue weighted by Gasteiger charge is -2.30. The first kappa shape index (κ1) is 35.8. The van der Waals surface area contributed by atoms with Gasteiger partial charge in [-0.1, -0.05) is 91.0 Å². The number of esters is 2. The smallest absolute Gasteiger partial charge is 0.407 e. The molecule has 1 amide bonds. The summed E-state index contributed by atoms with van der Waals surface area (Å²) in [5.41, 5.74) is 2.60. The van der Waals surface area contributed by atoms with Gasteiger partial charge in [0, 0.05) is 6.54 Å². The van der Waals surface area contributed by atoms with Crippen molar-refractivity contribution in [2.24, 2.45) is 0 Å². The summed E-state index contributed by atoms with van der Waals surface area (Å²) in [6.45, 7) is 1.09. The van der Waals surface area contributed by atoms with Crippen molar-refractivity contribution in [3.63, 3.8) is 0 Å². The lowest BCUT2D eigenvalue weighted by molar-refractivity contribution is -0.167. The van der Waals surface area contributed by atoms with Gasteiger partial charge in [-0.2, -0.15) is 0 Å². The number of nitrogens with one attached hydrogen (secondary N) is 2. The van der Waals surface area contributed by atoms with Crippen LogP contribution in [-0.4, -0.2) is 46.9 Å². The number of halogens is 1. The Labute approximate surface area is 283 Å². The molecule has 0 saturated carbocycles. The minimum atomic E-state index is -3.93. The first-order valence-electron chi connectivity index (χ1n) is 15.4. The molecule has 46 heavy (non-hydrogen) atoms. The van der Waals surface area contributed by atoms with Crippen LogP contribution in [0.1, 0.15) is 48.8 Å². The number of rotatable bonds is 17. The van der Waals surface area contributed by atoms with Crippen molar-refractivity contribution >= 4 is 48.2 Å². The van der Waals surface area contributed by atoms with Crippen LogP contribution in [0.3, 0.4) is 0 Å². The number of benzene rings is 3. The molecule has 4 rings (SSSR count). The first-order valence-corrected chi connectivity index (χ1v) is 18.2. The molecule has 246 valence electrons. The molecule has 10 nitrogen and oxygen atoms in total. The van der Waals surface area contributed by atoms with E-state index in [0.717, 1.165) is 23.1 Å². The first-order chi connectivity index (χ1) is 22.2. The van der Waals surface area contributed by atoms with Gasteiger partial charge in [0.05, 0.1) is 12.8 Å². The normalized spacial score (nSPS) is 16.9. The van der Waals surface area contributed by atoms with Crippen LogP contribution in [0.2, 0.25) is 0 Å². The Hall–Kier alpha value is -3.09. The third kappa shape index (κ3) is 11.9. The number of hydrogen-bond acceptors (Lipinski definition) is 9. The molecule has 1 aliphatic heterocycles. The molecule has 0 bridgehead atoms. The zero-order valence-corrected chi connectivity index (χ0v) is 28.7. The van der Waals surface area contributed by atoms with Gasteiger partial charge in [-0.05, 0) is 84.4 Å². The molecule has 0 aliphatic carbocycles. The van der Waals surface area contributed by atoms with Gasteiger partial charge >= 0.3 is 25.6 Å². The van der Waals surface area contributed by atoms with Crippen molar-refractivity contribution in [2.75, 3.05) is 19.3 Å². The summed E-state index contributed by atoms with van der Waals surface area (Å²) in [6, 6.07) is 27.5. The second-order valence-corrected chi connectivity index (χ2v) is 14.8. The van der Waals surface area contributed by atoms with E-state index in [4.69, 9.17) is 18.5 Å². The number of alkyl carbamates (subject to hydrolysis) is 1. The molecule has 3 atom stereocenters. The lowest BCUT2D eigenvalue weighted by Crippen LogP contribution is -2.42. The maximum Gasteiger partial charge on any atom is 0.407 e. The number of carbonyl (C=O) groups excluding carboxylic acids is 3. The second kappa shape index (κ2) is 18.3. The standard InChI is InChI=1S/C34H40IN2O8P/c35-34(32(39)44-31(38)30-19-12-23-36-30,21-10-11-22-37-33(40)42-25-28-15-6-2-7-16-28)45-46(41,24-20-27-13-4-1-5-14-27)43-26-29-17-8-3-9-18-29/h1-9,13-18,30,36H,10-12,19-26H2,(H,37,40)/t30-,34?,46?/m0/s1. The molecule has 1 fully saturated rings. The van der Waals surface area contributed by atoms with E-state index < -0.39 is 35.3 Å². The van der Waals surface area contributed by atoms with Gasteiger partial charge in [0.15, 0.2) is 0 Å². The fraction of sp³-hybridized carbons (Fsp3) is 0.382. The number of amides is 1. The van der Waals surface area contributed by atoms with E-state index in [1.807, 2.05) is 91.0 Å². The van der Waals surface area contributed by atoms with Crippen LogP contribution >= 0.6 is 30.2 Å². The molecule has 1 heterocycles. The van der Waals surface area contributed by atoms with E-state index >= 15 is 0 Å². The van der Waals surface area contributed by atoms with Gasteiger partial charge in [0.2, 0.25) is 3.61 Å². The van der Waals surface area contributed by atoms with E-state index in [0.29, 0.717) is 32.2 Å². The van der Waals surface area contributed by atoms with Crippen LogP contribution in [0.25, 0.3) is 0 Å². The Kier molecular flexibility index (Phi) is 14.2. The number of unbranched alkanes of at least 4 members (excludes halogenated alkanes) is 1. The predicted octanol–water partition coefficient (Wildman–Crippen LogP) is 6.71. The minimum absolute atomic E-state index is 0.00854. The van der Waals surface area contributed by atoms with E-state index in [9.17, 15) is 18.9 Å². The molecule has 2 N–H and O–H groups in total. The number of aryl methyl sites for hydroxylation is 1. The molecule has 0 spiro atoms. The topological polar surface area (TPSA) is 129 Å². The summed E-state index contributed by atoms with van der Waals surface area (Å²) in [6.07, 6.45) is 2.08. The summed E-state index contributed by atoms with van der Waals surface area (Å²) >= 11 is 1.78. The number of carbonyl (C=O) groups is 3. The minimum Gasteiger partial charge on any atom is -0.445 e. The van der Waals surface area contributed by atoms with Crippen LogP contribution in [0.5, 0.6) is 0 Å². The quantitative estimate of drug-likeness (QED) is 0.0386. The van der Waals surface area contributed by atoms with Gasteiger partial charge in [-0.15, -0.1) is 0 Å². The van der Waals surface area contributed by atoms with Crippen LogP contribution < -0.4 is 10.6 Å². The van der Waals surface area contributed by atoms with Crippen LogP contribution in [-0.2, 0) is 52.3 Å². The van der Waals surface area contributed by atoms with E-state index in [1.165, 1.54) is 0 Å². The number of hydrogen-bond donors (Lipinski definition) is 2. The molecule has 3 aromatic rings. The monoisotopic (exact) mass is 762 g/mol. The highest BCUT2D eigenvalue weighted by Gasteiger charge is 2.46. The second-order valence-electron chi connectivity index (χ2n) is 11.0. The van der Waals surface area contributed by atoms with Crippen molar-refractivity contribution in [1.29, 1.82) is 0 Å². The summed E-state index contributed by atoms with van der Waals surface area (Å²) in [4.78, 5) is 38.5. The molecule has 0 aromatic heterocycles. The highest BCUT2D eigenvalue weighted by atomic mass is 127. The average molecular weight is 763 g/mol. The molecule has 2 unspecified atom stereocenters. The zero-order chi connectivity index (χ0) is 32.7. The van der Waals surface area contributed by atoms with Gasteiger partial charge in [-0.3, -0.25) is 9.09 Å². The molecular weight excluding hydrogens is 722 g/mol. The summed E-state index contributed by atoms with van der Waals surface area (Å²) < 4.78 is 35.3. The number of alkyl halides is 1. The Balaban J connectivity index is 1.41. The third-order valence-electron chi connectivity index (χ3n) is 7.32. The van der Waals surface area contributed by atoms with Gasteiger partial charge in [0.1, 0.15) is 12.6 Å². The van der Waals surface area contributed by atoms with E-state index in [-0.39, 0.29) is 32.3 Å². The number of ether oxygens (including phenoxy) is 2. The molecule has 0 radical (unpaired) electrons. The average Bonchev–Trinajstić information content (AvgIpc) is 3.63. The Bertz CT molecular complexity index is 1390. The SMILES string of the molecule is O=C(NCCCCC(I)(OP(=O)(CCc1ccccc1)OCc1ccccc1)C(=O)OC(=O)[C@@H]1CCCN1)OCc1ccccc1. The van der Waals surface area contributed by atoms with Crippen LogP contribution in [0.15, 0.2) is 91.0 Å². The Morgan fingerprint density at radius 2 is 1.48 bits per heavy atom. The Morgan fingerprint density at radius 3 is 2.09 bits per heavy atom. The molecule has 1 saturated heterocycles. The molecular formula is C34H40IN2O8P. The summed E-state index contributed by atoms with van der Waals surface area (Å²) in [7, 11) is -3.93. The van der Waals surface area contributed by atoms with Gasteiger partial charge in [0.25, 0.3) is 0 Å². The molecule has 3 aromatic carbocycles. The third-order valence-corrected chi connectivity index (χ3v) is 10.8. The van der Waals surface area contributed by atoms with Crippen molar-refractivity contribution in [3.8, 4) is 0 Å². The van der Waals surface area contributed by atoms with Gasteiger partial charge < -0.3 is 24.6 Å². The summed E-state index contributed by atoms with van der Waals surface area (Å²) in [5.74, 6) is -1.63. The predicted molar refractivity (Wildman–Crippen MR) is 182 cm³/mol. The highest BCUT2D eigenvalue weighted by Crippen LogP contribution is 2.55. The van der Waals surface area contributed by atoms with Crippen molar-refractivity contribution in [1.82, 2.24) is 10.6 Å². The van der Waals surface area contributed by atoms with E-state index in [1.54, 1.807) is 22.6 Å². The maximum atomic E-state index is 14.4. The van der Waals surface area contributed by atoms with Crippen LogP contribution in [0.4, 0.5) is 4.79 Å². The fourth-order valence-corrected chi connectivity index (χ4v) is 7.92. The molecule has 1 aliphatic rings. The fourth-order valence-electron chi connectivity index (χ4n) is 4.77.